The zero-order chi connectivity index (χ0) is 20.4. The van der Waals surface area contributed by atoms with Crippen LogP contribution in [0.3, 0.4) is 0 Å². The minimum absolute atomic E-state index is 0.154. The molecule has 4 aromatic rings. The van der Waals surface area contributed by atoms with E-state index in [1.165, 1.54) is 42.9 Å². The van der Waals surface area contributed by atoms with Gasteiger partial charge in [0.15, 0.2) is 11.4 Å². The highest BCUT2D eigenvalue weighted by molar-refractivity contribution is 6.26. The summed E-state index contributed by atoms with van der Waals surface area (Å²) >= 11 is 0. The van der Waals surface area contributed by atoms with Crippen LogP contribution in [-0.4, -0.2) is 19.9 Å². The Kier molecular flexibility index (Phi) is 3.46. The Morgan fingerprint density at radius 2 is 1.48 bits per heavy atom. The van der Waals surface area contributed by atoms with Crippen molar-refractivity contribution in [3.8, 4) is 22.4 Å². The van der Waals surface area contributed by atoms with Crippen LogP contribution < -0.4 is 11.2 Å². The molecule has 0 atom stereocenters. The van der Waals surface area contributed by atoms with Gasteiger partial charge in [-0.15, -0.1) is 0 Å². The van der Waals surface area contributed by atoms with E-state index in [-0.39, 0.29) is 16.8 Å². The standard InChI is InChI=1S/C22H14FN3O3/c1-25-20-17(21(28)26(2)22(25)29)15(11-7-9-12(23)10-8-11)16-18(24-20)13-5-3-4-6-14(13)19(16)27/h3-10H,1-2H3. The van der Waals surface area contributed by atoms with Crippen molar-refractivity contribution in [1.82, 2.24) is 14.1 Å². The third kappa shape index (κ3) is 2.21. The van der Waals surface area contributed by atoms with E-state index < -0.39 is 17.1 Å². The van der Waals surface area contributed by atoms with E-state index in [1.807, 2.05) is 0 Å². The number of hydrogen-bond acceptors (Lipinski definition) is 4. The molecule has 29 heavy (non-hydrogen) atoms. The maximum absolute atomic E-state index is 13.6. The Bertz CT molecular complexity index is 1480. The van der Waals surface area contributed by atoms with E-state index >= 15 is 0 Å². The van der Waals surface area contributed by atoms with Crippen molar-refractivity contribution >= 4 is 16.8 Å². The van der Waals surface area contributed by atoms with Crippen LogP contribution in [0.4, 0.5) is 4.39 Å². The second kappa shape index (κ2) is 5.81. The van der Waals surface area contributed by atoms with E-state index in [0.29, 0.717) is 33.5 Å². The zero-order valence-electron chi connectivity index (χ0n) is 15.6. The van der Waals surface area contributed by atoms with E-state index in [9.17, 15) is 18.8 Å². The minimum Gasteiger partial charge on any atom is -0.288 e. The second-order valence-corrected chi connectivity index (χ2v) is 7.00. The summed E-state index contributed by atoms with van der Waals surface area (Å²) in [4.78, 5) is 43.4. The molecule has 1 aliphatic rings. The van der Waals surface area contributed by atoms with Gasteiger partial charge in [0.2, 0.25) is 0 Å². The number of halogens is 1. The van der Waals surface area contributed by atoms with Gasteiger partial charge in [0.1, 0.15) is 5.82 Å². The molecule has 142 valence electrons. The monoisotopic (exact) mass is 387 g/mol. The summed E-state index contributed by atoms with van der Waals surface area (Å²) in [5, 5.41) is 0.154. The average molecular weight is 387 g/mol. The first-order valence-electron chi connectivity index (χ1n) is 8.94. The van der Waals surface area contributed by atoms with E-state index in [0.717, 1.165) is 4.57 Å². The number of fused-ring (bicyclic) bond motifs is 4. The number of aromatic nitrogens is 3. The predicted molar refractivity (Wildman–Crippen MR) is 106 cm³/mol. The van der Waals surface area contributed by atoms with Crippen LogP contribution in [-0.2, 0) is 14.1 Å². The lowest BCUT2D eigenvalue weighted by molar-refractivity contribution is 0.104. The van der Waals surface area contributed by atoms with Crippen molar-refractivity contribution < 1.29 is 9.18 Å². The highest BCUT2D eigenvalue weighted by Gasteiger charge is 2.34. The Morgan fingerprint density at radius 1 is 0.828 bits per heavy atom. The maximum Gasteiger partial charge on any atom is 0.332 e. The quantitative estimate of drug-likeness (QED) is 0.443. The van der Waals surface area contributed by atoms with Crippen LogP contribution >= 0.6 is 0 Å². The molecule has 0 bridgehead atoms. The number of nitrogens with zero attached hydrogens (tertiary/aromatic N) is 3. The molecule has 0 unspecified atom stereocenters. The number of carbonyl (C=O) groups is 1. The SMILES string of the molecule is Cn1c(=O)c2c(-c3ccc(F)cc3)c3c(nc2n(C)c1=O)-c1ccccc1C3=O. The van der Waals surface area contributed by atoms with Crippen molar-refractivity contribution in [3.05, 3.63) is 86.3 Å². The second-order valence-electron chi connectivity index (χ2n) is 7.00. The lowest BCUT2D eigenvalue weighted by atomic mass is 9.95. The molecular weight excluding hydrogens is 373 g/mol. The molecule has 0 saturated heterocycles. The van der Waals surface area contributed by atoms with Gasteiger partial charge in [-0.05, 0) is 17.7 Å². The number of benzene rings is 2. The molecule has 0 fully saturated rings. The number of hydrogen-bond donors (Lipinski definition) is 0. The van der Waals surface area contributed by atoms with Crippen LogP contribution in [0.5, 0.6) is 0 Å². The van der Waals surface area contributed by atoms with Crippen molar-refractivity contribution in [2.45, 2.75) is 0 Å². The Hall–Kier alpha value is -3.87. The Balaban J connectivity index is 2.07. The lowest BCUT2D eigenvalue weighted by Crippen LogP contribution is -2.37. The van der Waals surface area contributed by atoms with E-state index in [4.69, 9.17) is 0 Å². The van der Waals surface area contributed by atoms with E-state index in [2.05, 4.69) is 4.98 Å². The zero-order valence-corrected chi connectivity index (χ0v) is 15.6. The molecule has 2 aromatic heterocycles. The van der Waals surface area contributed by atoms with Crippen molar-refractivity contribution in [2.24, 2.45) is 14.1 Å². The van der Waals surface area contributed by atoms with Crippen LogP contribution in [0, 0.1) is 5.82 Å². The number of ketones is 1. The van der Waals surface area contributed by atoms with Gasteiger partial charge < -0.3 is 0 Å². The van der Waals surface area contributed by atoms with Gasteiger partial charge in [-0.3, -0.25) is 18.7 Å². The first kappa shape index (κ1) is 17.2. The molecule has 2 aromatic carbocycles. The highest BCUT2D eigenvalue weighted by Crippen LogP contribution is 2.42. The topological polar surface area (TPSA) is 74.0 Å². The van der Waals surface area contributed by atoms with Gasteiger partial charge >= 0.3 is 5.69 Å². The van der Waals surface area contributed by atoms with Gasteiger partial charge in [-0.1, -0.05) is 36.4 Å². The van der Waals surface area contributed by atoms with Crippen molar-refractivity contribution in [1.29, 1.82) is 0 Å². The summed E-state index contributed by atoms with van der Waals surface area (Å²) in [6, 6.07) is 12.6. The predicted octanol–water partition coefficient (Wildman–Crippen LogP) is 2.65. The van der Waals surface area contributed by atoms with Gasteiger partial charge in [0.25, 0.3) is 5.56 Å². The maximum atomic E-state index is 13.6. The van der Waals surface area contributed by atoms with Gasteiger partial charge in [0, 0.05) is 30.8 Å². The molecule has 0 N–H and O–H groups in total. The number of aryl methyl sites for hydroxylation is 1. The van der Waals surface area contributed by atoms with Crippen molar-refractivity contribution in [2.75, 3.05) is 0 Å². The number of rotatable bonds is 1. The average Bonchev–Trinajstić information content (AvgIpc) is 3.02. The fraction of sp³-hybridized carbons (Fsp3) is 0.0909. The molecule has 0 saturated carbocycles. The molecule has 5 rings (SSSR count). The first-order valence-corrected chi connectivity index (χ1v) is 8.94. The summed E-state index contributed by atoms with van der Waals surface area (Å²) in [6.07, 6.45) is 0. The third-order valence-corrected chi connectivity index (χ3v) is 5.37. The molecule has 0 radical (unpaired) electrons. The normalized spacial score (nSPS) is 12.3. The number of pyridine rings is 1. The Morgan fingerprint density at radius 3 is 2.17 bits per heavy atom. The summed E-state index contributed by atoms with van der Waals surface area (Å²) in [7, 11) is 2.91. The highest BCUT2D eigenvalue weighted by atomic mass is 19.1. The van der Waals surface area contributed by atoms with Crippen LogP contribution in [0.2, 0.25) is 0 Å². The molecule has 6 nitrogen and oxygen atoms in total. The van der Waals surface area contributed by atoms with Crippen molar-refractivity contribution in [3.63, 3.8) is 0 Å². The molecule has 0 amide bonds. The third-order valence-electron chi connectivity index (χ3n) is 5.37. The summed E-state index contributed by atoms with van der Waals surface area (Å²) in [5.74, 6) is -0.682. The fourth-order valence-corrected chi connectivity index (χ4v) is 3.93. The molecule has 2 heterocycles. The molecule has 7 heteroatoms. The fourth-order valence-electron chi connectivity index (χ4n) is 3.93. The van der Waals surface area contributed by atoms with Crippen LogP contribution in [0.1, 0.15) is 15.9 Å². The smallest absolute Gasteiger partial charge is 0.288 e. The lowest BCUT2D eigenvalue weighted by Gasteiger charge is -2.14. The largest absolute Gasteiger partial charge is 0.332 e. The van der Waals surface area contributed by atoms with E-state index in [1.54, 1.807) is 24.3 Å². The summed E-state index contributed by atoms with van der Waals surface area (Å²) < 4.78 is 15.8. The first-order chi connectivity index (χ1) is 13.9. The van der Waals surface area contributed by atoms with Crippen LogP contribution in [0.15, 0.2) is 58.1 Å². The van der Waals surface area contributed by atoms with Gasteiger partial charge in [-0.25, -0.2) is 14.2 Å². The summed E-state index contributed by atoms with van der Waals surface area (Å²) in [6.45, 7) is 0. The molecular formula is C22H14FN3O3. The molecule has 0 aliphatic heterocycles. The van der Waals surface area contributed by atoms with Crippen LogP contribution in [0.25, 0.3) is 33.4 Å². The Labute approximate surface area is 163 Å². The molecule has 0 spiro atoms. The summed E-state index contributed by atoms with van der Waals surface area (Å²) in [5.41, 5.74) is 1.82. The minimum atomic E-state index is -0.554. The van der Waals surface area contributed by atoms with Gasteiger partial charge in [0.05, 0.1) is 16.6 Å². The number of carbonyl (C=O) groups excluding carboxylic acids is 1. The van der Waals surface area contributed by atoms with Gasteiger partial charge in [-0.2, -0.15) is 0 Å². The molecule has 1 aliphatic carbocycles.